The molecule has 0 heterocycles. The molecule has 3 heteroatoms. The Morgan fingerprint density at radius 2 is 2.19 bits per heavy atom. The molecule has 0 spiro atoms. The number of rotatable bonds is 4. The monoisotopic (exact) mass is 281 g/mol. The zero-order valence-corrected chi connectivity index (χ0v) is 11.2. The number of aryl methyl sites for hydroxylation is 1. The van der Waals surface area contributed by atoms with Crippen LogP contribution in [-0.2, 0) is 0 Å². The van der Waals surface area contributed by atoms with Crippen molar-refractivity contribution >= 4 is 15.9 Å². The van der Waals surface area contributed by atoms with Gasteiger partial charge in [0.2, 0.25) is 0 Å². The first kappa shape index (κ1) is 13.2. The molecule has 0 saturated heterocycles. The van der Waals surface area contributed by atoms with Crippen LogP contribution in [0.4, 0.5) is 0 Å². The summed E-state index contributed by atoms with van der Waals surface area (Å²) in [6.07, 6.45) is 0.938. The maximum atomic E-state index is 10.1. The summed E-state index contributed by atoms with van der Waals surface area (Å²) in [5, 5.41) is 19.1. The van der Waals surface area contributed by atoms with Crippen LogP contribution in [-0.4, -0.2) is 5.11 Å². The van der Waals surface area contributed by atoms with Gasteiger partial charge in [-0.05, 0) is 30.5 Å². The molecule has 1 N–H and O–H groups in total. The van der Waals surface area contributed by atoms with Crippen molar-refractivity contribution in [2.45, 2.75) is 32.8 Å². The maximum Gasteiger partial charge on any atom is 0.0948 e. The van der Waals surface area contributed by atoms with E-state index >= 15 is 0 Å². The number of aliphatic hydroxyl groups is 1. The van der Waals surface area contributed by atoms with E-state index in [0.29, 0.717) is 0 Å². The number of nitriles is 1. The van der Waals surface area contributed by atoms with E-state index in [9.17, 15) is 5.11 Å². The van der Waals surface area contributed by atoms with Crippen LogP contribution in [0.15, 0.2) is 22.7 Å². The van der Waals surface area contributed by atoms with Gasteiger partial charge in [0, 0.05) is 4.47 Å². The van der Waals surface area contributed by atoms with Gasteiger partial charge in [0.05, 0.1) is 18.1 Å². The molecule has 0 saturated carbocycles. The Balaban J connectivity index is 2.91. The molecule has 0 bridgehead atoms. The van der Waals surface area contributed by atoms with Crippen molar-refractivity contribution in [3.05, 3.63) is 33.8 Å². The molecule has 86 valence electrons. The second-order valence-corrected chi connectivity index (χ2v) is 4.83. The number of hydrogen-bond acceptors (Lipinski definition) is 2. The first-order chi connectivity index (χ1) is 7.60. The number of hydrogen-bond donors (Lipinski definition) is 1. The Labute approximate surface area is 105 Å². The smallest absolute Gasteiger partial charge is 0.0948 e. The van der Waals surface area contributed by atoms with Crippen molar-refractivity contribution in [3.8, 4) is 6.07 Å². The van der Waals surface area contributed by atoms with Gasteiger partial charge in [0.15, 0.2) is 0 Å². The molecule has 0 aliphatic heterocycles. The van der Waals surface area contributed by atoms with E-state index in [-0.39, 0.29) is 5.92 Å². The minimum Gasteiger partial charge on any atom is -0.387 e. The average Bonchev–Trinajstić information content (AvgIpc) is 2.28. The second-order valence-electron chi connectivity index (χ2n) is 3.98. The van der Waals surface area contributed by atoms with Gasteiger partial charge in [-0.1, -0.05) is 41.4 Å². The van der Waals surface area contributed by atoms with E-state index in [1.54, 1.807) is 0 Å². The van der Waals surface area contributed by atoms with Crippen molar-refractivity contribution in [1.29, 1.82) is 5.26 Å². The first-order valence-electron chi connectivity index (χ1n) is 5.43. The summed E-state index contributed by atoms with van der Waals surface area (Å²) in [5.74, 6) is -0.320. The Hall–Kier alpha value is -0.850. The minimum atomic E-state index is -0.693. The highest BCUT2D eigenvalue weighted by Gasteiger charge is 2.19. The van der Waals surface area contributed by atoms with Gasteiger partial charge in [-0.2, -0.15) is 5.26 Å². The molecule has 0 fully saturated rings. The normalized spacial score (nSPS) is 14.2. The maximum absolute atomic E-state index is 10.1. The molecule has 2 atom stereocenters. The van der Waals surface area contributed by atoms with E-state index in [1.807, 2.05) is 32.0 Å². The fourth-order valence-electron chi connectivity index (χ4n) is 1.63. The van der Waals surface area contributed by atoms with Gasteiger partial charge in [-0.3, -0.25) is 0 Å². The molecule has 1 aromatic carbocycles. The lowest BCUT2D eigenvalue weighted by molar-refractivity contribution is 0.130. The van der Waals surface area contributed by atoms with Gasteiger partial charge < -0.3 is 5.11 Å². The molecule has 0 radical (unpaired) electrons. The number of aliphatic hydroxyl groups excluding tert-OH is 1. The molecule has 2 nitrogen and oxygen atoms in total. The van der Waals surface area contributed by atoms with Gasteiger partial charge in [-0.25, -0.2) is 0 Å². The summed E-state index contributed by atoms with van der Waals surface area (Å²) in [4.78, 5) is 0. The highest BCUT2D eigenvalue weighted by atomic mass is 79.9. The van der Waals surface area contributed by atoms with Gasteiger partial charge in [-0.15, -0.1) is 0 Å². The molecule has 1 aromatic rings. The Kier molecular flexibility index (Phi) is 4.98. The van der Waals surface area contributed by atoms with E-state index in [4.69, 9.17) is 5.26 Å². The number of halogens is 1. The van der Waals surface area contributed by atoms with Crippen molar-refractivity contribution in [3.63, 3.8) is 0 Å². The van der Waals surface area contributed by atoms with E-state index in [1.165, 1.54) is 0 Å². The lowest BCUT2D eigenvalue weighted by Crippen LogP contribution is -2.10. The summed E-state index contributed by atoms with van der Waals surface area (Å²) >= 11 is 3.43. The number of nitrogens with zero attached hydrogens (tertiary/aromatic N) is 1. The third-order valence-electron chi connectivity index (χ3n) is 2.68. The molecule has 16 heavy (non-hydrogen) atoms. The van der Waals surface area contributed by atoms with E-state index in [0.717, 1.165) is 28.4 Å². The largest absolute Gasteiger partial charge is 0.387 e. The quantitative estimate of drug-likeness (QED) is 0.914. The minimum absolute atomic E-state index is 0.320. The third kappa shape index (κ3) is 3.07. The number of benzene rings is 1. The van der Waals surface area contributed by atoms with Gasteiger partial charge in [0.25, 0.3) is 0 Å². The lowest BCUT2D eigenvalue weighted by atomic mass is 9.93. The summed E-state index contributed by atoms with van der Waals surface area (Å²) < 4.78 is 0.970. The van der Waals surface area contributed by atoms with Crippen LogP contribution in [0, 0.1) is 24.2 Å². The van der Waals surface area contributed by atoms with Crippen molar-refractivity contribution in [1.82, 2.24) is 0 Å². The highest BCUT2D eigenvalue weighted by Crippen LogP contribution is 2.28. The molecular weight excluding hydrogens is 266 g/mol. The molecule has 0 aliphatic carbocycles. The van der Waals surface area contributed by atoms with Crippen molar-refractivity contribution in [2.75, 3.05) is 0 Å². The summed E-state index contributed by atoms with van der Waals surface area (Å²) in [6, 6.07) is 7.89. The molecular formula is C13H16BrNO. The fourth-order valence-corrected chi connectivity index (χ4v) is 2.03. The van der Waals surface area contributed by atoms with Crippen molar-refractivity contribution < 1.29 is 5.11 Å². The van der Waals surface area contributed by atoms with Gasteiger partial charge >= 0.3 is 0 Å². The zero-order valence-electron chi connectivity index (χ0n) is 9.57. The lowest BCUT2D eigenvalue weighted by Gasteiger charge is -2.17. The van der Waals surface area contributed by atoms with Crippen LogP contribution in [0.25, 0.3) is 0 Å². The second kappa shape index (κ2) is 6.03. The summed E-state index contributed by atoms with van der Waals surface area (Å²) in [5.41, 5.74) is 1.93. The Morgan fingerprint density at radius 3 is 2.69 bits per heavy atom. The Bertz CT molecular complexity index is 397. The van der Waals surface area contributed by atoms with Crippen LogP contribution in [0.2, 0.25) is 0 Å². The molecule has 1 rings (SSSR count). The predicted octanol–water partition coefficient (Wildman–Crippen LogP) is 3.73. The topological polar surface area (TPSA) is 44.0 Å². The molecule has 2 unspecified atom stereocenters. The summed E-state index contributed by atoms with van der Waals surface area (Å²) in [7, 11) is 0. The van der Waals surface area contributed by atoms with Crippen LogP contribution in [0.3, 0.4) is 0 Å². The summed E-state index contributed by atoms with van der Waals surface area (Å²) in [6.45, 7) is 4.01. The SMILES string of the molecule is CCCC(C#N)C(O)c1ccc(C)c(Br)c1. The molecule has 0 amide bonds. The standard InChI is InChI=1S/C13H16BrNO/c1-3-4-11(8-15)13(16)10-6-5-9(2)12(14)7-10/h5-7,11,13,16H,3-4H2,1-2H3. The van der Waals surface area contributed by atoms with Crippen LogP contribution in [0.5, 0.6) is 0 Å². The van der Waals surface area contributed by atoms with E-state index < -0.39 is 6.10 Å². The fraction of sp³-hybridized carbons (Fsp3) is 0.462. The highest BCUT2D eigenvalue weighted by molar-refractivity contribution is 9.10. The van der Waals surface area contributed by atoms with Crippen LogP contribution in [0.1, 0.15) is 37.0 Å². The first-order valence-corrected chi connectivity index (χ1v) is 6.23. The van der Waals surface area contributed by atoms with Crippen molar-refractivity contribution in [2.24, 2.45) is 5.92 Å². The molecule has 0 aliphatic rings. The average molecular weight is 282 g/mol. The third-order valence-corrected chi connectivity index (χ3v) is 3.54. The van der Waals surface area contributed by atoms with Crippen LogP contribution >= 0.6 is 15.9 Å². The van der Waals surface area contributed by atoms with Gasteiger partial charge in [0.1, 0.15) is 0 Å². The molecule has 0 aromatic heterocycles. The Morgan fingerprint density at radius 1 is 1.50 bits per heavy atom. The van der Waals surface area contributed by atoms with Crippen LogP contribution < -0.4 is 0 Å². The van der Waals surface area contributed by atoms with E-state index in [2.05, 4.69) is 22.0 Å². The zero-order chi connectivity index (χ0) is 12.1. The predicted molar refractivity (Wildman–Crippen MR) is 67.8 cm³/mol.